The van der Waals surface area contributed by atoms with Crippen LogP contribution in [0.25, 0.3) is 39.2 Å². The van der Waals surface area contributed by atoms with Crippen molar-refractivity contribution in [3.8, 4) is 39.3 Å². The van der Waals surface area contributed by atoms with Gasteiger partial charge in [-0.2, -0.15) is 14.7 Å². The van der Waals surface area contributed by atoms with Crippen LogP contribution in [0.1, 0.15) is 0 Å². The lowest BCUT2D eigenvalue weighted by Gasteiger charge is -2.13. The Bertz CT molecular complexity index is 1730. The first-order chi connectivity index (χ1) is 18.2. The Morgan fingerprint density at radius 1 is 0.784 bits per heavy atom. The normalized spacial score (nSPS) is 10.9. The average Bonchev–Trinajstić information content (AvgIpc) is 3.35. The molecule has 0 atom stereocenters. The largest absolute Gasteiger partial charge is 0.497 e. The Morgan fingerprint density at radius 3 is 2.11 bits per heavy atom. The quantitative estimate of drug-likeness (QED) is 0.320. The molecule has 6 rings (SSSR count). The van der Waals surface area contributed by atoms with E-state index in [2.05, 4.69) is 20.5 Å². The fourth-order valence-electron chi connectivity index (χ4n) is 4.37. The van der Waals surface area contributed by atoms with Crippen molar-refractivity contribution in [3.63, 3.8) is 0 Å². The fraction of sp³-hybridized carbons (Fsp3) is 0.0345. The molecule has 0 aliphatic carbocycles. The summed E-state index contributed by atoms with van der Waals surface area (Å²) in [5, 5.41) is 16.2. The summed E-state index contributed by atoms with van der Waals surface area (Å²) in [5.41, 5.74) is 4.80. The van der Waals surface area contributed by atoms with Gasteiger partial charge in [-0.15, -0.1) is 5.10 Å². The third-order valence-corrected chi connectivity index (χ3v) is 6.10. The minimum atomic E-state index is -0.273. The number of aromatic nitrogens is 5. The van der Waals surface area contributed by atoms with Crippen molar-refractivity contribution in [2.24, 2.45) is 0 Å². The Kier molecular flexibility index (Phi) is 5.67. The second-order valence-corrected chi connectivity index (χ2v) is 8.36. The van der Waals surface area contributed by atoms with Crippen LogP contribution in [0.4, 0.5) is 11.6 Å². The molecule has 2 N–H and O–H groups in total. The minimum absolute atomic E-state index is 0.273. The monoisotopic (exact) mass is 486 g/mol. The van der Waals surface area contributed by atoms with Gasteiger partial charge < -0.3 is 15.0 Å². The maximum absolute atomic E-state index is 14.1. The number of benzene rings is 3. The molecule has 37 heavy (non-hydrogen) atoms. The second-order valence-electron chi connectivity index (χ2n) is 8.36. The number of hydrogen-bond donors (Lipinski definition) is 2. The van der Waals surface area contributed by atoms with E-state index in [-0.39, 0.29) is 5.56 Å². The first kappa shape index (κ1) is 22.2. The molecule has 3 aromatic heterocycles. The lowest BCUT2D eigenvalue weighted by Crippen LogP contribution is -2.20. The molecular weight excluding hydrogens is 464 g/mol. The highest BCUT2D eigenvalue weighted by molar-refractivity contribution is 5.92. The van der Waals surface area contributed by atoms with E-state index in [0.29, 0.717) is 39.9 Å². The predicted octanol–water partition coefficient (Wildman–Crippen LogP) is 5.57. The molecule has 0 amide bonds. The van der Waals surface area contributed by atoms with Crippen LogP contribution in [-0.2, 0) is 0 Å². The van der Waals surface area contributed by atoms with Crippen molar-refractivity contribution in [1.29, 1.82) is 0 Å². The fourth-order valence-corrected chi connectivity index (χ4v) is 4.37. The van der Waals surface area contributed by atoms with Gasteiger partial charge in [-0.1, -0.05) is 72.8 Å². The van der Waals surface area contributed by atoms with E-state index in [1.165, 1.54) is 4.52 Å². The van der Waals surface area contributed by atoms with E-state index < -0.39 is 0 Å². The second kappa shape index (κ2) is 9.43. The molecule has 0 bridgehead atoms. The zero-order valence-electron chi connectivity index (χ0n) is 19.9. The number of fused-ring (bicyclic) bond motifs is 1. The van der Waals surface area contributed by atoms with Crippen LogP contribution in [0.15, 0.2) is 108 Å². The smallest absolute Gasteiger partial charge is 0.284 e. The van der Waals surface area contributed by atoms with Crippen molar-refractivity contribution in [1.82, 2.24) is 24.8 Å². The summed E-state index contributed by atoms with van der Waals surface area (Å²) in [6.45, 7) is 0. The Morgan fingerprint density at radius 2 is 1.46 bits per heavy atom. The van der Waals surface area contributed by atoms with Crippen molar-refractivity contribution < 1.29 is 4.74 Å². The number of rotatable bonds is 6. The van der Waals surface area contributed by atoms with Crippen LogP contribution in [-0.4, -0.2) is 31.9 Å². The van der Waals surface area contributed by atoms with Crippen molar-refractivity contribution in [2.45, 2.75) is 0 Å². The number of nitrogens with zero attached hydrogens (tertiary/aromatic N) is 4. The highest BCUT2D eigenvalue weighted by atomic mass is 16.5. The molecule has 0 aliphatic heterocycles. The SMILES string of the molecule is COc1ccc(-c2c(Nc3cccnn3)[nH]c3c(-c4ccccc4)c(-c4ccccc4)nn3c2=O)cc1. The molecule has 0 fully saturated rings. The molecule has 8 nitrogen and oxygen atoms in total. The van der Waals surface area contributed by atoms with Crippen LogP contribution in [0.2, 0.25) is 0 Å². The van der Waals surface area contributed by atoms with E-state index in [9.17, 15) is 4.79 Å². The van der Waals surface area contributed by atoms with E-state index in [0.717, 1.165) is 16.7 Å². The average molecular weight is 487 g/mol. The van der Waals surface area contributed by atoms with E-state index in [4.69, 9.17) is 9.84 Å². The zero-order valence-corrected chi connectivity index (χ0v) is 19.9. The van der Waals surface area contributed by atoms with Crippen molar-refractivity contribution >= 4 is 17.3 Å². The van der Waals surface area contributed by atoms with Gasteiger partial charge in [-0.25, -0.2) is 0 Å². The highest BCUT2D eigenvalue weighted by Crippen LogP contribution is 2.36. The van der Waals surface area contributed by atoms with Gasteiger partial charge in [0.25, 0.3) is 5.56 Å². The van der Waals surface area contributed by atoms with Crippen molar-refractivity contribution in [3.05, 3.63) is 114 Å². The van der Waals surface area contributed by atoms with Crippen molar-refractivity contribution in [2.75, 3.05) is 12.4 Å². The Hall–Kier alpha value is -5.24. The predicted molar refractivity (Wildman–Crippen MR) is 144 cm³/mol. The van der Waals surface area contributed by atoms with Gasteiger partial charge in [-0.05, 0) is 35.4 Å². The maximum atomic E-state index is 14.1. The summed E-state index contributed by atoms with van der Waals surface area (Å²) >= 11 is 0. The van der Waals surface area contributed by atoms with Crippen LogP contribution in [0.3, 0.4) is 0 Å². The third-order valence-electron chi connectivity index (χ3n) is 6.10. The van der Waals surface area contributed by atoms with Gasteiger partial charge in [0.1, 0.15) is 22.9 Å². The van der Waals surface area contributed by atoms with Crippen LogP contribution in [0.5, 0.6) is 5.75 Å². The molecule has 3 heterocycles. The summed E-state index contributed by atoms with van der Waals surface area (Å²) in [5.74, 6) is 1.68. The maximum Gasteiger partial charge on any atom is 0.284 e. The van der Waals surface area contributed by atoms with Gasteiger partial charge in [0, 0.05) is 11.8 Å². The molecule has 3 aromatic carbocycles. The molecule has 0 aliphatic rings. The first-order valence-corrected chi connectivity index (χ1v) is 11.7. The number of methoxy groups -OCH3 is 1. The standard InChI is InChI=1S/C29H22N6O2/c1-37-22-16-14-20(15-17-22)25-27(31-23-13-8-18-30-33-23)32-28-24(19-9-4-2-5-10-19)26(34-35(28)29(25)36)21-11-6-3-7-12-21/h2-18,32H,1H3,(H,31,33). The van der Waals surface area contributed by atoms with Gasteiger partial charge in [0.05, 0.1) is 18.2 Å². The molecule has 6 aromatic rings. The summed E-state index contributed by atoms with van der Waals surface area (Å²) in [6, 6.07) is 30.7. The Balaban J connectivity index is 1.67. The molecule has 0 unspecified atom stereocenters. The lowest BCUT2D eigenvalue weighted by molar-refractivity contribution is 0.415. The number of hydrogen-bond acceptors (Lipinski definition) is 6. The molecular formula is C29H22N6O2. The summed E-state index contributed by atoms with van der Waals surface area (Å²) in [6.07, 6.45) is 1.60. The van der Waals surface area contributed by atoms with Gasteiger partial charge in [0.2, 0.25) is 0 Å². The highest BCUT2D eigenvalue weighted by Gasteiger charge is 2.23. The number of nitrogens with one attached hydrogen (secondary N) is 2. The van der Waals surface area contributed by atoms with E-state index in [1.807, 2.05) is 84.9 Å². The van der Waals surface area contributed by atoms with E-state index in [1.54, 1.807) is 25.4 Å². The first-order valence-electron chi connectivity index (χ1n) is 11.7. The third kappa shape index (κ3) is 4.10. The summed E-state index contributed by atoms with van der Waals surface area (Å²) in [7, 11) is 1.61. The molecule has 0 saturated heterocycles. The van der Waals surface area contributed by atoms with Crippen LogP contribution in [0, 0.1) is 0 Å². The lowest BCUT2D eigenvalue weighted by atomic mass is 10.0. The topological polar surface area (TPSA) is 97.2 Å². The number of anilines is 2. The summed E-state index contributed by atoms with van der Waals surface area (Å²) in [4.78, 5) is 17.6. The zero-order chi connectivity index (χ0) is 25.2. The number of H-pyrrole nitrogens is 1. The number of aromatic amines is 1. The van der Waals surface area contributed by atoms with Gasteiger partial charge in [-0.3, -0.25) is 4.79 Å². The van der Waals surface area contributed by atoms with Gasteiger partial charge in [0.15, 0.2) is 5.82 Å². The number of ether oxygens (including phenoxy) is 1. The summed E-state index contributed by atoms with van der Waals surface area (Å²) < 4.78 is 6.75. The molecule has 180 valence electrons. The van der Waals surface area contributed by atoms with Gasteiger partial charge >= 0.3 is 0 Å². The van der Waals surface area contributed by atoms with Crippen LogP contribution >= 0.6 is 0 Å². The molecule has 0 radical (unpaired) electrons. The Labute approximate surface area is 212 Å². The minimum Gasteiger partial charge on any atom is -0.497 e. The molecule has 8 heteroatoms. The van der Waals surface area contributed by atoms with Crippen LogP contribution < -0.4 is 15.6 Å². The van der Waals surface area contributed by atoms with E-state index >= 15 is 0 Å². The molecule has 0 saturated carbocycles. The molecule has 0 spiro atoms.